The highest BCUT2D eigenvalue weighted by Crippen LogP contribution is 2.26. The van der Waals surface area contributed by atoms with E-state index in [1.165, 1.54) is 13.2 Å². The van der Waals surface area contributed by atoms with Crippen LogP contribution >= 0.6 is 34.8 Å². The summed E-state index contributed by atoms with van der Waals surface area (Å²) in [5.74, 6) is -0.727. The average molecular weight is 291 g/mol. The second-order valence-corrected chi connectivity index (χ2v) is 5.29. The van der Waals surface area contributed by atoms with E-state index in [2.05, 4.69) is 11.9 Å². The molecule has 0 aromatic rings. The van der Waals surface area contributed by atoms with E-state index < -0.39 is 15.7 Å². The molecule has 0 aliphatic heterocycles. The molecule has 0 unspecified atom stereocenters. The van der Waals surface area contributed by atoms with Crippen molar-refractivity contribution < 1.29 is 14.3 Å². The number of ether oxygens (including phenoxy) is 2. The van der Waals surface area contributed by atoms with Crippen molar-refractivity contribution in [2.24, 2.45) is 0 Å². The molecule has 16 heavy (non-hydrogen) atoms. The molecule has 7 heteroatoms. The molecular formula is C9H14Cl3NO3. The fourth-order valence-corrected chi connectivity index (χ4v) is 1.04. The lowest BCUT2D eigenvalue weighted by Gasteiger charge is -2.23. The van der Waals surface area contributed by atoms with Crippen LogP contribution in [0.3, 0.4) is 0 Å². The number of carbonyl (C=O) groups is 1. The molecule has 0 aromatic carbocycles. The first-order chi connectivity index (χ1) is 7.32. The maximum Gasteiger partial charge on any atom is 0.272 e. The van der Waals surface area contributed by atoms with E-state index in [9.17, 15) is 4.79 Å². The zero-order chi connectivity index (χ0) is 12.8. The van der Waals surface area contributed by atoms with E-state index >= 15 is 0 Å². The van der Waals surface area contributed by atoms with Crippen molar-refractivity contribution in [2.75, 3.05) is 13.9 Å². The highest BCUT2D eigenvalue weighted by molar-refractivity contribution is 6.76. The molecule has 2 atom stereocenters. The van der Waals surface area contributed by atoms with Gasteiger partial charge in [-0.2, -0.15) is 0 Å². The molecule has 0 aliphatic carbocycles. The van der Waals surface area contributed by atoms with Crippen LogP contribution in [0.25, 0.3) is 0 Å². The van der Waals surface area contributed by atoms with E-state index in [1.807, 2.05) is 0 Å². The van der Waals surface area contributed by atoms with Gasteiger partial charge in [0.25, 0.3) is 9.70 Å². The Balaban J connectivity index is 4.29. The van der Waals surface area contributed by atoms with Crippen LogP contribution in [-0.2, 0) is 14.3 Å². The molecule has 94 valence electrons. The van der Waals surface area contributed by atoms with Crippen molar-refractivity contribution in [2.45, 2.75) is 22.9 Å². The molecule has 1 amide bonds. The van der Waals surface area contributed by atoms with Crippen LogP contribution in [0.2, 0.25) is 0 Å². The number of halogens is 3. The molecule has 0 fully saturated rings. The van der Waals surface area contributed by atoms with Gasteiger partial charge in [0.05, 0.1) is 12.1 Å². The van der Waals surface area contributed by atoms with Gasteiger partial charge in [0, 0.05) is 7.11 Å². The predicted molar refractivity (Wildman–Crippen MR) is 64.8 cm³/mol. The van der Waals surface area contributed by atoms with Crippen molar-refractivity contribution in [3.05, 3.63) is 12.7 Å². The zero-order valence-corrected chi connectivity index (χ0v) is 11.3. The second kappa shape index (κ2) is 7.35. The van der Waals surface area contributed by atoms with Crippen LogP contribution in [0.5, 0.6) is 0 Å². The van der Waals surface area contributed by atoms with Gasteiger partial charge < -0.3 is 14.8 Å². The van der Waals surface area contributed by atoms with Gasteiger partial charge in [0.2, 0.25) is 0 Å². The van der Waals surface area contributed by atoms with Crippen LogP contribution in [0, 0.1) is 0 Å². The largest absolute Gasteiger partial charge is 0.359 e. The fraction of sp³-hybridized carbons (Fsp3) is 0.667. The highest BCUT2D eigenvalue weighted by Gasteiger charge is 2.32. The average Bonchev–Trinajstić information content (AvgIpc) is 2.20. The first kappa shape index (κ1) is 16.0. The van der Waals surface area contributed by atoms with Crippen molar-refractivity contribution in [1.82, 2.24) is 5.32 Å². The Kier molecular flexibility index (Phi) is 7.35. The maximum atomic E-state index is 11.4. The number of nitrogens with one attached hydrogen (secondary N) is 1. The smallest absolute Gasteiger partial charge is 0.272 e. The third-order valence-electron chi connectivity index (χ3n) is 1.76. The van der Waals surface area contributed by atoms with Gasteiger partial charge in [-0.1, -0.05) is 40.9 Å². The van der Waals surface area contributed by atoms with Crippen molar-refractivity contribution in [3.63, 3.8) is 0 Å². The minimum absolute atomic E-state index is 0.106. The summed E-state index contributed by atoms with van der Waals surface area (Å²) in [6.07, 6.45) is 1.16. The molecule has 0 bridgehead atoms. The van der Waals surface area contributed by atoms with Gasteiger partial charge in [0.15, 0.2) is 0 Å². The van der Waals surface area contributed by atoms with E-state index in [0.29, 0.717) is 0 Å². The molecular weight excluding hydrogens is 276 g/mol. The summed E-state index contributed by atoms with van der Waals surface area (Å²) < 4.78 is 7.95. The molecule has 4 nitrogen and oxygen atoms in total. The highest BCUT2D eigenvalue weighted by atomic mass is 35.6. The number of hydrogen-bond acceptors (Lipinski definition) is 3. The summed E-state index contributed by atoms with van der Waals surface area (Å²) in [4.78, 5) is 11.4. The molecule has 0 aromatic heterocycles. The van der Waals surface area contributed by atoms with Gasteiger partial charge in [-0.25, -0.2) is 0 Å². The lowest BCUT2D eigenvalue weighted by atomic mass is 10.2. The third kappa shape index (κ3) is 5.92. The summed E-state index contributed by atoms with van der Waals surface area (Å²) in [7, 11) is 1.50. The Morgan fingerprint density at radius 1 is 1.56 bits per heavy atom. The Morgan fingerprint density at radius 2 is 2.12 bits per heavy atom. The van der Waals surface area contributed by atoms with Gasteiger partial charge >= 0.3 is 0 Å². The number of alkyl halides is 3. The summed E-state index contributed by atoms with van der Waals surface area (Å²) in [6.45, 7) is 5.41. The normalized spacial score (nSPS) is 15.3. The number of methoxy groups -OCH3 is 1. The van der Waals surface area contributed by atoms with Gasteiger partial charge in [-0.3, -0.25) is 4.79 Å². The first-order valence-corrected chi connectivity index (χ1v) is 5.57. The second-order valence-electron chi connectivity index (χ2n) is 3.01. The Labute approximate surface area is 110 Å². The summed E-state index contributed by atoms with van der Waals surface area (Å²) in [6, 6.07) is -0.460. The van der Waals surface area contributed by atoms with Crippen molar-refractivity contribution in [3.8, 4) is 0 Å². The van der Waals surface area contributed by atoms with E-state index in [4.69, 9.17) is 44.3 Å². The quantitative estimate of drug-likeness (QED) is 0.463. The van der Waals surface area contributed by atoms with E-state index in [0.717, 1.165) is 0 Å². The molecule has 0 heterocycles. The molecule has 0 radical (unpaired) electrons. The number of amides is 1. The summed E-state index contributed by atoms with van der Waals surface area (Å²) in [5, 5.41) is 2.48. The van der Waals surface area contributed by atoms with Gasteiger partial charge in [-0.15, -0.1) is 6.58 Å². The fourth-order valence-electron chi connectivity index (χ4n) is 0.880. The predicted octanol–water partition coefficient (Wildman–Crippen LogP) is 2.04. The number of hydrogen-bond donors (Lipinski definition) is 1. The van der Waals surface area contributed by atoms with Crippen LogP contribution in [-0.4, -0.2) is 35.7 Å². The lowest BCUT2D eigenvalue weighted by molar-refractivity contribution is -0.123. The van der Waals surface area contributed by atoms with E-state index in [1.54, 1.807) is 6.92 Å². The molecule has 0 spiro atoms. The van der Waals surface area contributed by atoms with Crippen LogP contribution in [0.15, 0.2) is 12.7 Å². The zero-order valence-electron chi connectivity index (χ0n) is 9.00. The first-order valence-electron chi connectivity index (χ1n) is 4.43. The molecule has 1 N–H and O–H groups in total. The van der Waals surface area contributed by atoms with Crippen LogP contribution in [0.4, 0.5) is 0 Å². The Hall–Kier alpha value is -0.0000000000000000416. The third-order valence-corrected chi connectivity index (χ3v) is 2.28. The number of carbonyl (C=O) groups excluding carboxylic acids is 1. The lowest BCUT2D eigenvalue weighted by Crippen LogP contribution is -2.46. The SMILES string of the molecule is C=C[C@H](NC(=O)C(Cl)(Cl)Cl)[C@H](C)OCOC. The monoisotopic (exact) mass is 289 g/mol. The summed E-state index contributed by atoms with van der Waals surface area (Å²) >= 11 is 16.2. The van der Waals surface area contributed by atoms with Crippen LogP contribution < -0.4 is 5.32 Å². The standard InChI is InChI=1S/C9H14Cl3NO3/c1-4-7(6(2)16-5-15-3)13-8(14)9(10,11)12/h4,6-7H,1,5H2,2-3H3,(H,13,14)/t6-,7-/m0/s1. The van der Waals surface area contributed by atoms with Gasteiger partial charge in [-0.05, 0) is 6.92 Å². The number of rotatable bonds is 6. The molecule has 0 aliphatic rings. The Bertz CT molecular complexity index is 243. The topological polar surface area (TPSA) is 47.6 Å². The van der Waals surface area contributed by atoms with Crippen molar-refractivity contribution >= 4 is 40.7 Å². The maximum absolute atomic E-state index is 11.4. The van der Waals surface area contributed by atoms with Crippen LogP contribution in [0.1, 0.15) is 6.92 Å². The minimum Gasteiger partial charge on any atom is -0.359 e. The molecule has 0 saturated carbocycles. The van der Waals surface area contributed by atoms with Gasteiger partial charge in [0.1, 0.15) is 6.79 Å². The minimum atomic E-state index is -2.00. The summed E-state index contributed by atoms with van der Waals surface area (Å²) in [5.41, 5.74) is 0. The molecule has 0 saturated heterocycles. The Morgan fingerprint density at radius 3 is 2.50 bits per heavy atom. The molecule has 0 rings (SSSR count). The van der Waals surface area contributed by atoms with E-state index in [-0.39, 0.29) is 12.9 Å². The van der Waals surface area contributed by atoms with Crippen molar-refractivity contribution in [1.29, 1.82) is 0 Å².